The van der Waals surface area contributed by atoms with Crippen LogP contribution in [0.1, 0.15) is 23.8 Å². The molecule has 7 heteroatoms. The molecule has 0 aliphatic carbocycles. The van der Waals surface area contributed by atoms with Crippen molar-refractivity contribution in [1.82, 2.24) is 19.9 Å². The lowest BCUT2D eigenvalue weighted by Crippen LogP contribution is -2.24. The Labute approximate surface area is 146 Å². The summed E-state index contributed by atoms with van der Waals surface area (Å²) in [5.41, 5.74) is 1.73. The fourth-order valence-corrected chi connectivity index (χ4v) is 4.44. The minimum atomic E-state index is -0.0639. The molecule has 1 N–H and O–H groups in total. The van der Waals surface area contributed by atoms with Crippen molar-refractivity contribution in [2.75, 3.05) is 7.05 Å². The van der Waals surface area contributed by atoms with Crippen LogP contribution in [0.4, 0.5) is 0 Å². The number of aromatic nitrogens is 3. The van der Waals surface area contributed by atoms with Crippen molar-refractivity contribution in [1.29, 1.82) is 0 Å². The molecule has 0 saturated carbocycles. The van der Waals surface area contributed by atoms with Crippen LogP contribution in [0.15, 0.2) is 40.5 Å². The van der Waals surface area contributed by atoms with Gasteiger partial charge in [-0.1, -0.05) is 12.1 Å². The van der Waals surface area contributed by atoms with Gasteiger partial charge in [0.15, 0.2) is 0 Å². The van der Waals surface area contributed by atoms with Gasteiger partial charge in [-0.3, -0.25) is 9.69 Å². The van der Waals surface area contributed by atoms with E-state index in [0.29, 0.717) is 17.1 Å². The van der Waals surface area contributed by atoms with Crippen LogP contribution in [0.5, 0.6) is 0 Å². The molecule has 0 aliphatic rings. The average molecular weight is 356 g/mol. The molecular weight excluding hydrogens is 340 g/mol. The number of H-pyrrole nitrogens is 1. The third kappa shape index (κ3) is 2.75. The zero-order chi connectivity index (χ0) is 16.7. The average Bonchev–Trinajstić information content (AvgIpc) is 3.20. The highest BCUT2D eigenvalue weighted by Crippen LogP contribution is 2.29. The summed E-state index contributed by atoms with van der Waals surface area (Å²) in [7, 11) is 2.02. The van der Waals surface area contributed by atoms with Gasteiger partial charge in [-0.25, -0.2) is 9.97 Å². The molecule has 0 spiro atoms. The molecule has 122 valence electrons. The number of benzene rings is 1. The molecule has 0 amide bonds. The molecule has 0 bridgehead atoms. The van der Waals surface area contributed by atoms with Crippen molar-refractivity contribution < 1.29 is 0 Å². The zero-order valence-corrected chi connectivity index (χ0v) is 14.9. The van der Waals surface area contributed by atoms with Gasteiger partial charge in [-0.15, -0.1) is 22.7 Å². The number of thiophene rings is 1. The number of aromatic amines is 1. The Morgan fingerprint density at radius 3 is 2.88 bits per heavy atom. The molecule has 0 fully saturated rings. The van der Waals surface area contributed by atoms with Crippen molar-refractivity contribution in [2.24, 2.45) is 0 Å². The maximum Gasteiger partial charge on any atom is 0.268 e. The summed E-state index contributed by atoms with van der Waals surface area (Å²) in [6.45, 7) is 2.69. The van der Waals surface area contributed by atoms with E-state index in [9.17, 15) is 4.79 Å². The first-order valence-electron chi connectivity index (χ1n) is 7.64. The minimum Gasteiger partial charge on any atom is -0.308 e. The standard InChI is InChI=1S/C17H16N4OS2/c1-10(17-19-11-5-3-4-6-13(11)24-17)21(2)9-14-18-12-7-8-23-15(12)16(22)20-14/h3-8,10H,9H2,1-2H3,(H,18,20,22)/t10-/m0/s1. The fourth-order valence-electron chi connectivity index (χ4n) is 2.63. The highest BCUT2D eigenvalue weighted by molar-refractivity contribution is 7.18. The molecule has 0 aliphatic heterocycles. The van der Waals surface area contributed by atoms with Gasteiger partial charge < -0.3 is 4.98 Å². The molecule has 1 atom stereocenters. The van der Waals surface area contributed by atoms with Crippen LogP contribution in [-0.2, 0) is 6.54 Å². The fraction of sp³-hybridized carbons (Fsp3) is 0.235. The second-order valence-electron chi connectivity index (χ2n) is 5.76. The summed E-state index contributed by atoms with van der Waals surface area (Å²) >= 11 is 3.13. The first kappa shape index (κ1) is 15.4. The number of thiazole rings is 1. The number of rotatable bonds is 4. The third-order valence-corrected chi connectivity index (χ3v) is 6.20. The molecular formula is C17H16N4OS2. The Morgan fingerprint density at radius 1 is 1.21 bits per heavy atom. The summed E-state index contributed by atoms with van der Waals surface area (Å²) in [6, 6.07) is 10.2. The summed E-state index contributed by atoms with van der Waals surface area (Å²) in [6.07, 6.45) is 0. The van der Waals surface area contributed by atoms with E-state index in [1.54, 1.807) is 11.3 Å². The van der Waals surface area contributed by atoms with Crippen molar-refractivity contribution in [3.8, 4) is 0 Å². The molecule has 0 unspecified atom stereocenters. The maximum atomic E-state index is 12.1. The van der Waals surface area contributed by atoms with E-state index >= 15 is 0 Å². The van der Waals surface area contributed by atoms with E-state index in [2.05, 4.69) is 27.9 Å². The van der Waals surface area contributed by atoms with Gasteiger partial charge in [0.25, 0.3) is 5.56 Å². The van der Waals surface area contributed by atoms with Crippen molar-refractivity contribution in [2.45, 2.75) is 19.5 Å². The van der Waals surface area contributed by atoms with E-state index in [0.717, 1.165) is 16.0 Å². The normalized spacial score (nSPS) is 13.1. The van der Waals surface area contributed by atoms with E-state index in [4.69, 9.17) is 4.98 Å². The molecule has 0 saturated heterocycles. The summed E-state index contributed by atoms with van der Waals surface area (Å²) in [4.78, 5) is 26.4. The van der Waals surface area contributed by atoms with Crippen LogP contribution < -0.4 is 5.56 Å². The summed E-state index contributed by atoms with van der Waals surface area (Å²) in [5.74, 6) is 0.682. The smallest absolute Gasteiger partial charge is 0.268 e. The zero-order valence-electron chi connectivity index (χ0n) is 13.3. The number of nitrogens with zero attached hydrogens (tertiary/aromatic N) is 3. The number of fused-ring (bicyclic) bond motifs is 2. The Morgan fingerprint density at radius 2 is 2.04 bits per heavy atom. The highest BCUT2D eigenvalue weighted by Gasteiger charge is 2.17. The van der Waals surface area contributed by atoms with Crippen LogP contribution in [0.2, 0.25) is 0 Å². The van der Waals surface area contributed by atoms with Gasteiger partial charge in [0.1, 0.15) is 15.5 Å². The lowest BCUT2D eigenvalue weighted by atomic mass is 10.3. The number of hydrogen-bond donors (Lipinski definition) is 1. The molecule has 4 aromatic rings. The summed E-state index contributed by atoms with van der Waals surface area (Å²) in [5, 5.41) is 2.96. The Hall–Kier alpha value is -2.09. The Kier molecular flexibility index (Phi) is 3.91. The molecule has 0 radical (unpaired) electrons. The first-order chi connectivity index (χ1) is 11.6. The third-order valence-electron chi connectivity index (χ3n) is 4.09. The van der Waals surface area contributed by atoms with Gasteiger partial charge >= 0.3 is 0 Å². The van der Waals surface area contributed by atoms with E-state index in [-0.39, 0.29) is 11.6 Å². The monoisotopic (exact) mass is 356 g/mol. The number of hydrogen-bond acceptors (Lipinski definition) is 6. The van der Waals surface area contributed by atoms with Gasteiger partial charge in [0, 0.05) is 0 Å². The van der Waals surface area contributed by atoms with Crippen LogP contribution in [-0.4, -0.2) is 26.9 Å². The van der Waals surface area contributed by atoms with E-state index in [1.807, 2.05) is 36.7 Å². The van der Waals surface area contributed by atoms with Crippen molar-refractivity contribution in [3.05, 3.63) is 56.9 Å². The maximum absolute atomic E-state index is 12.1. The number of nitrogens with one attached hydrogen (secondary N) is 1. The van der Waals surface area contributed by atoms with Gasteiger partial charge in [-0.2, -0.15) is 0 Å². The predicted octanol–water partition coefficient (Wildman–Crippen LogP) is 3.79. The Balaban J connectivity index is 1.59. The second-order valence-corrected chi connectivity index (χ2v) is 7.74. The first-order valence-corrected chi connectivity index (χ1v) is 9.33. The van der Waals surface area contributed by atoms with Crippen LogP contribution in [0.25, 0.3) is 20.4 Å². The molecule has 24 heavy (non-hydrogen) atoms. The number of para-hydroxylation sites is 1. The summed E-state index contributed by atoms with van der Waals surface area (Å²) < 4.78 is 1.87. The molecule has 4 rings (SSSR count). The van der Waals surface area contributed by atoms with E-state index in [1.165, 1.54) is 16.0 Å². The quantitative estimate of drug-likeness (QED) is 0.604. The van der Waals surface area contributed by atoms with Crippen LogP contribution >= 0.6 is 22.7 Å². The lowest BCUT2D eigenvalue weighted by Gasteiger charge is -2.22. The van der Waals surface area contributed by atoms with Gasteiger partial charge in [-0.05, 0) is 37.6 Å². The molecule has 5 nitrogen and oxygen atoms in total. The van der Waals surface area contributed by atoms with Gasteiger partial charge in [0.05, 0.1) is 28.3 Å². The topological polar surface area (TPSA) is 61.9 Å². The molecule has 3 heterocycles. The van der Waals surface area contributed by atoms with E-state index < -0.39 is 0 Å². The lowest BCUT2D eigenvalue weighted by molar-refractivity contribution is 0.246. The van der Waals surface area contributed by atoms with Crippen LogP contribution in [0, 0.1) is 0 Å². The molecule has 1 aromatic carbocycles. The second kappa shape index (κ2) is 6.08. The Bertz CT molecular complexity index is 1030. The predicted molar refractivity (Wildman–Crippen MR) is 99.7 cm³/mol. The molecule has 3 aromatic heterocycles. The highest BCUT2D eigenvalue weighted by atomic mass is 32.1. The van der Waals surface area contributed by atoms with Crippen LogP contribution in [0.3, 0.4) is 0 Å². The van der Waals surface area contributed by atoms with Crippen molar-refractivity contribution >= 4 is 43.1 Å². The van der Waals surface area contributed by atoms with Gasteiger partial charge in [0.2, 0.25) is 0 Å². The largest absolute Gasteiger partial charge is 0.308 e. The minimum absolute atomic E-state index is 0.0639. The van der Waals surface area contributed by atoms with Crippen molar-refractivity contribution in [3.63, 3.8) is 0 Å². The SMILES string of the molecule is C[C@@H](c1nc2ccccc2s1)N(C)Cc1nc2ccsc2c(=O)[nH]1.